The van der Waals surface area contributed by atoms with E-state index < -0.39 is 5.82 Å². The van der Waals surface area contributed by atoms with Crippen LogP contribution < -0.4 is 10.6 Å². The lowest BCUT2D eigenvalue weighted by atomic mass is 10.3. The first kappa shape index (κ1) is 14.8. The number of halogens is 3. The van der Waals surface area contributed by atoms with Crippen molar-refractivity contribution in [2.75, 3.05) is 17.2 Å². The Labute approximate surface area is 129 Å². The van der Waals surface area contributed by atoms with E-state index in [9.17, 15) is 9.18 Å². The van der Waals surface area contributed by atoms with Gasteiger partial charge in [0.05, 0.1) is 17.3 Å². The Bertz CT molecular complexity index is 599. The maximum atomic E-state index is 13.5. The topological polar surface area (TPSA) is 41.1 Å². The third kappa shape index (κ3) is 3.95. The average molecular weight is 358 g/mol. The number of anilines is 2. The lowest BCUT2D eigenvalue weighted by Gasteiger charge is -2.10. The molecule has 0 aliphatic heterocycles. The normalized spacial score (nSPS) is 10.2. The zero-order valence-corrected chi connectivity index (χ0v) is 12.6. The number of carbonyl (C=O) groups excluding carboxylic acids is 1. The highest BCUT2D eigenvalue weighted by atomic mass is 79.9. The SMILES string of the molecule is O=C(CNc1c(F)cccc1Cl)Nc1ccc(Br)cc1. The monoisotopic (exact) mass is 356 g/mol. The third-order valence-corrected chi connectivity index (χ3v) is 3.36. The van der Waals surface area contributed by atoms with E-state index in [0.717, 1.165) is 4.47 Å². The summed E-state index contributed by atoms with van der Waals surface area (Å²) in [4.78, 5) is 11.7. The summed E-state index contributed by atoms with van der Waals surface area (Å²) in [5.74, 6) is -0.777. The van der Waals surface area contributed by atoms with Gasteiger partial charge in [-0.3, -0.25) is 4.79 Å². The molecule has 0 saturated carbocycles. The van der Waals surface area contributed by atoms with Gasteiger partial charge in [-0.1, -0.05) is 33.6 Å². The molecule has 0 aliphatic carbocycles. The lowest BCUT2D eigenvalue weighted by Crippen LogP contribution is -2.22. The van der Waals surface area contributed by atoms with E-state index in [2.05, 4.69) is 26.6 Å². The van der Waals surface area contributed by atoms with E-state index in [1.165, 1.54) is 12.1 Å². The van der Waals surface area contributed by atoms with Gasteiger partial charge in [-0.25, -0.2) is 4.39 Å². The molecular weight excluding hydrogens is 347 g/mol. The van der Waals surface area contributed by atoms with Crippen molar-refractivity contribution in [3.8, 4) is 0 Å². The van der Waals surface area contributed by atoms with Gasteiger partial charge in [0.15, 0.2) is 0 Å². The number of carbonyl (C=O) groups is 1. The fraction of sp³-hybridized carbons (Fsp3) is 0.0714. The van der Waals surface area contributed by atoms with Crippen LogP contribution in [0.25, 0.3) is 0 Å². The zero-order chi connectivity index (χ0) is 14.5. The fourth-order valence-corrected chi connectivity index (χ4v) is 2.07. The average Bonchev–Trinajstić information content (AvgIpc) is 2.41. The van der Waals surface area contributed by atoms with Crippen molar-refractivity contribution in [2.45, 2.75) is 0 Å². The molecule has 1 amide bonds. The molecule has 0 saturated heterocycles. The maximum Gasteiger partial charge on any atom is 0.243 e. The van der Waals surface area contributed by atoms with Gasteiger partial charge in [-0.05, 0) is 36.4 Å². The molecule has 2 aromatic carbocycles. The Kier molecular flexibility index (Phi) is 4.98. The van der Waals surface area contributed by atoms with Crippen LogP contribution >= 0.6 is 27.5 Å². The molecular formula is C14H11BrClFN2O. The molecule has 0 aliphatic rings. The number of hydrogen-bond donors (Lipinski definition) is 2. The molecule has 0 radical (unpaired) electrons. The first-order valence-electron chi connectivity index (χ1n) is 5.79. The third-order valence-electron chi connectivity index (χ3n) is 2.52. The first-order chi connectivity index (χ1) is 9.56. The van der Waals surface area contributed by atoms with Gasteiger partial charge in [-0.15, -0.1) is 0 Å². The van der Waals surface area contributed by atoms with Gasteiger partial charge in [0.1, 0.15) is 5.82 Å². The Morgan fingerprint density at radius 2 is 1.90 bits per heavy atom. The fourth-order valence-electron chi connectivity index (χ4n) is 1.57. The second-order valence-corrected chi connectivity index (χ2v) is 5.33. The quantitative estimate of drug-likeness (QED) is 0.857. The zero-order valence-electron chi connectivity index (χ0n) is 10.3. The molecule has 0 bridgehead atoms. The molecule has 104 valence electrons. The number of hydrogen-bond acceptors (Lipinski definition) is 2. The second-order valence-electron chi connectivity index (χ2n) is 4.01. The first-order valence-corrected chi connectivity index (χ1v) is 6.96. The highest BCUT2D eigenvalue weighted by Crippen LogP contribution is 2.24. The van der Waals surface area contributed by atoms with Crippen LogP contribution in [0.2, 0.25) is 5.02 Å². The van der Waals surface area contributed by atoms with Gasteiger partial charge in [-0.2, -0.15) is 0 Å². The van der Waals surface area contributed by atoms with Crippen LogP contribution in [0.3, 0.4) is 0 Å². The summed E-state index contributed by atoms with van der Waals surface area (Å²) >= 11 is 9.16. The number of nitrogens with one attached hydrogen (secondary N) is 2. The molecule has 0 heterocycles. The number of para-hydroxylation sites is 1. The molecule has 0 fully saturated rings. The van der Waals surface area contributed by atoms with Crippen molar-refractivity contribution in [3.63, 3.8) is 0 Å². The minimum absolute atomic E-state index is 0.0727. The summed E-state index contributed by atoms with van der Waals surface area (Å²) in [6.07, 6.45) is 0. The van der Waals surface area contributed by atoms with Crippen molar-refractivity contribution < 1.29 is 9.18 Å². The summed E-state index contributed by atoms with van der Waals surface area (Å²) in [6.45, 7) is -0.0727. The summed E-state index contributed by atoms with van der Waals surface area (Å²) in [7, 11) is 0. The van der Waals surface area contributed by atoms with E-state index in [1.807, 2.05) is 12.1 Å². The number of benzene rings is 2. The molecule has 0 spiro atoms. The predicted molar refractivity (Wildman–Crippen MR) is 82.7 cm³/mol. The number of rotatable bonds is 4. The minimum atomic E-state index is -0.492. The minimum Gasteiger partial charge on any atom is -0.373 e. The molecule has 0 atom stereocenters. The Hall–Kier alpha value is -1.59. The predicted octanol–water partition coefficient (Wildman–Crippen LogP) is 4.29. The molecule has 3 nitrogen and oxygen atoms in total. The van der Waals surface area contributed by atoms with Gasteiger partial charge in [0.2, 0.25) is 5.91 Å². The van der Waals surface area contributed by atoms with Crippen LogP contribution in [0.5, 0.6) is 0 Å². The van der Waals surface area contributed by atoms with E-state index in [1.54, 1.807) is 18.2 Å². The largest absolute Gasteiger partial charge is 0.373 e. The standard InChI is InChI=1S/C14H11BrClFN2O/c15-9-4-6-10(7-5-9)19-13(20)8-18-14-11(16)2-1-3-12(14)17/h1-7,18H,8H2,(H,19,20). The van der Waals surface area contributed by atoms with Crippen LogP contribution in [0.15, 0.2) is 46.9 Å². The van der Waals surface area contributed by atoms with Gasteiger partial charge in [0.25, 0.3) is 0 Å². The Balaban J connectivity index is 1.94. The lowest BCUT2D eigenvalue weighted by molar-refractivity contribution is -0.114. The van der Waals surface area contributed by atoms with Crippen molar-refractivity contribution >= 4 is 44.8 Å². The summed E-state index contributed by atoms with van der Waals surface area (Å²) in [5.41, 5.74) is 0.791. The van der Waals surface area contributed by atoms with Gasteiger partial charge >= 0.3 is 0 Å². The van der Waals surface area contributed by atoms with Gasteiger partial charge < -0.3 is 10.6 Å². The van der Waals surface area contributed by atoms with Crippen molar-refractivity contribution in [1.82, 2.24) is 0 Å². The highest BCUT2D eigenvalue weighted by Gasteiger charge is 2.08. The van der Waals surface area contributed by atoms with Gasteiger partial charge in [0, 0.05) is 10.2 Å². The van der Waals surface area contributed by atoms with Crippen LogP contribution in [0, 0.1) is 5.82 Å². The molecule has 0 aromatic heterocycles. The van der Waals surface area contributed by atoms with E-state index in [-0.39, 0.29) is 23.2 Å². The Morgan fingerprint density at radius 3 is 2.55 bits per heavy atom. The van der Waals surface area contributed by atoms with Crippen LogP contribution in [-0.4, -0.2) is 12.5 Å². The molecule has 0 unspecified atom stereocenters. The van der Waals surface area contributed by atoms with E-state index in [4.69, 9.17) is 11.6 Å². The molecule has 2 N–H and O–H groups in total. The van der Waals surface area contributed by atoms with Crippen molar-refractivity contribution in [3.05, 3.63) is 57.8 Å². The van der Waals surface area contributed by atoms with Crippen LogP contribution in [0.1, 0.15) is 0 Å². The Morgan fingerprint density at radius 1 is 1.20 bits per heavy atom. The summed E-state index contributed by atoms with van der Waals surface area (Å²) in [6, 6.07) is 11.5. The maximum absolute atomic E-state index is 13.5. The second kappa shape index (κ2) is 6.72. The molecule has 20 heavy (non-hydrogen) atoms. The van der Waals surface area contributed by atoms with E-state index >= 15 is 0 Å². The summed E-state index contributed by atoms with van der Waals surface area (Å²) in [5, 5.41) is 5.61. The van der Waals surface area contributed by atoms with Crippen LogP contribution in [-0.2, 0) is 4.79 Å². The highest BCUT2D eigenvalue weighted by molar-refractivity contribution is 9.10. The molecule has 6 heteroatoms. The summed E-state index contributed by atoms with van der Waals surface area (Å²) < 4.78 is 14.4. The van der Waals surface area contributed by atoms with E-state index in [0.29, 0.717) is 5.69 Å². The smallest absolute Gasteiger partial charge is 0.243 e. The molecule has 2 rings (SSSR count). The molecule has 2 aromatic rings. The van der Waals surface area contributed by atoms with Crippen LogP contribution in [0.4, 0.5) is 15.8 Å². The number of amides is 1. The van der Waals surface area contributed by atoms with Crippen molar-refractivity contribution in [1.29, 1.82) is 0 Å². The van der Waals surface area contributed by atoms with Crippen molar-refractivity contribution in [2.24, 2.45) is 0 Å².